The Labute approximate surface area is 90.7 Å². The molecule has 88 valence electrons. The second kappa shape index (κ2) is 5.47. The summed E-state index contributed by atoms with van der Waals surface area (Å²) in [6, 6.07) is 0. The van der Waals surface area contributed by atoms with Gasteiger partial charge in [0, 0.05) is 6.54 Å². The van der Waals surface area contributed by atoms with Crippen molar-refractivity contribution in [1.82, 2.24) is 5.32 Å². The van der Waals surface area contributed by atoms with E-state index in [1.165, 1.54) is 6.42 Å². The van der Waals surface area contributed by atoms with Crippen molar-refractivity contribution in [3.05, 3.63) is 0 Å². The van der Waals surface area contributed by atoms with Crippen LogP contribution in [0.5, 0.6) is 0 Å². The molecule has 1 aliphatic carbocycles. The summed E-state index contributed by atoms with van der Waals surface area (Å²) >= 11 is 0. The molecule has 4 heteroatoms. The highest BCUT2D eigenvalue weighted by Crippen LogP contribution is 2.33. The van der Waals surface area contributed by atoms with Gasteiger partial charge < -0.3 is 15.5 Å². The Morgan fingerprint density at radius 3 is 2.53 bits per heavy atom. The predicted molar refractivity (Wildman–Crippen MR) is 57.7 cm³/mol. The zero-order chi connectivity index (χ0) is 11.3. The van der Waals surface area contributed by atoms with Gasteiger partial charge in [0.2, 0.25) is 0 Å². The average molecular weight is 215 g/mol. The van der Waals surface area contributed by atoms with Crippen molar-refractivity contribution < 1.29 is 15.0 Å². The molecule has 0 unspecified atom stereocenters. The molecule has 1 fully saturated rings. The van der Waals surface area contributed by atoms with E-state index in [0.717, 1.165) is 31.6 Å². The minimum atomic E-state index is -0.874. The van der Waals surface area contributed by atoms with Crippen molar-refractivity contribution in [2.24, 2.45) is 5.92 Å². The first-order valence-electron chi connectivity index (χ1n) is 5.70. The molecule has 0 aromatic rings. The number of carboxylic acid groups (broad SMARTS) is 1. The van der Waals surface area contributed by atoms with E-state index in [9.17, 15) is 9.90 Å². The van der Waals surface area contributed by atoms with Crippen LogP contribution in [0, 0.1) is 5.92 Å². The molecule has 0 bridgehead atoms. The number of carbonyl (C=O) groups is 1. The summed E-state index contributed by atoms with van der Waals surface area (Å²) in [6.07, 6.45) is 4.87. The van der Waals surface area contributed by atoms with Gasteiger partial charge in [0.25, 0.3) is 0 Å². The fraction of sp³-hybridized carbons (Fsp3) is 0.909. The summed E-state index contributed by atoms with van der Waals surface area (Å²) in [5, 5.41) is 21.4. The Bertz CT molecular complexity index is 210. The van der Waals surface area contributed by atoms with Gasteiger partial charge in [-0.1, -0.05) is 13.3 Å². The van der Waals surface area contributed by atoms with Crippen LogP contribution in [0.25, 0.3) is 0 Å². The van der Waals surface area contributed by atoms with Gasteiger partial charge in [-0.25, -0.2) is 0 Å². The summed E-state index contributed by atoms with van der Waals surface area (Å²) in [5.74, 6) is -0.134. The second-order valence-corrected chi connectivity index (χ2v) is 4.57. The van der Waals surface area contributed by atoms with Crippen LogP contribution in [0.2, 0.25) is 0 Å². The third-order valence-corrected chi connectivity index (χ3v) is 3.34. The highest BCUT2D eigenvalue weighted by Gasteiger charge is 2.32. The van der Waals surface area contributed by atoms with Crippen molar-refractivity contribution >= 4 is 5.97 Å². The molecule has 0 aliphatic heterocycles. The minimum absolute atomic E-state index is 0.0699. The van der Waals surface area contributed by atoms with Gasteiger partial charge in [0.05, 0.1) is 12.1 Å². The standard InChI is InChI=1S/C11H21NO3/c1-2-9-3-5-11(15,6-4-9)8-12-7-10(13)14/h9,12,15H,2-8H2,1H3,(H,13,14). The third-order valence-electron chi connectivity index (χ3n) is 3.34. The van der Waals surface area contributed by atoms with Gasteiger partial charge in [0.15, 0.2) is 0 Å². The van der Waals surface area contributed by atoms with Crippen molar-refractivity contribution in [3.8, 4) is 0 Å². The summed E-state index contributed by atoms with van der Waals surface area (Å²) in [6.45, 7) is 2.51. The topological polar surface area (TPSA) is 69.6 Å². The van der Waals surface area contributed by atoms with Gasteiger partial charge in [0.1, 0.15) is 0 Å². The maximum atomic E-state index is 10.3. The monoisotopic (exact) mass is 215 g/mol. The number of hydrogen-bond donors (Lipinski definition) is 3. The largest absolute Gasteiger partial charge is 0.480 e. The lowest BCUT2D eigenvalue weighted by molar-refractivity contribution is -0.136. The Kier molecular flexibility index (Phi) is 4.54. The number of aliphatic hydroxyl groups is 1. The number of aliphatic carboxylic acids is 1. The van der Waals surface area contributed by atoms with Crippen LogP contribution in [-0.2, 0) is 4.79 Å². The van der Waals surface area contributed by atoms with Gasteiger partial charge in [-0.2, -0.15) is 0 Å². The van der Waals surface area contributed by atoms with Crippen molar-refractivity contribution in [2.75, 3.05) is 13.1 Å². The molecule has 0 spiro atoms. The molecule has 4 nitrogen and oxygen atoms in total. The zero-order valence-corrected chi connectivity index (χ0v) is 9.33. The molecule has 1 rings (SSSR count). The van der Waals surface area contributed by atoms with Crippen LogP contribution in [0.3, 0.4) is 0 Å². The van der Waals surface area contributed by atoms with E-state index in [2.05, 4.69) is 12.2 Å². The maximum Gasteiger partial charge on any atom is 0.317 e. The Hall–Kier alpha value is -0.610. The SMILES string of the molecule is CCC1CCC(O)(CNCC(=O)O)CC1. The van der Waals surface area contributed by atoms with E-state index < -0.39 is 11.6 Å². The molecular weight excluding hydrogens is 194 g/mol. The first kappa shape index (κ1) is 12.5. The van der Waals surface area contributed by atoms with E-state index in [1.807, 2.05) is 0 Å². The highest BCUT2D eigenvalue weighted by atomic mass is 16.4. The van der Waals surface area contributed by atoms with Crippen LogP contribution in [-0.4, -0.2) is 34.9 Å². The van der Waals surface area contributed by atoms with Crippen molar-refractivity contribution in [3.63, 3.8) is 0 Å². The minimum Gasteiger partial charge on any atom is -0.480 e. The lowest BCUT2D eigenvalue weighted by Gasteiger charge is -2.35. The molecule has 0 aromatic heterocycles. The molecule has 0 heterocycles. The molecule has 0 radical (unpaired) electrons. The van der Waals surface area contributed by atoms with Gasteiger partial charge in [-0.15, -0.1) is 0 Å². The van der Waals surface area contributed by atoms with E-state index in [1.54, 1.807) is 0 Å². The van der Waals surface area contributed by atoms with Crippen molar-refractivity contribution in [2.45, 2.75) is 44.6 Å². The summed E-state index contributed by atoms with van der Waals surface area (Å²) < 4.78 is 0. The predicted octanol–water partition coefficient (Wildman–Crippen LogP) is 0.992. The summed E-state index contributed by atoms with van der Waals surface area (Å²) in [4.78, 5) is 10.3. The van der Waals surface area contributed by atoms with Crippen molar-refractivity contribution in [1.29, 1.82) is 0 Å². The molecule has 0 amide bonds. The quantitative estimate of drug-likeness (QED) is 0.639. The number of carboxylic acids is 1. The summed E-state index contributed by atoms with van der Waals surface area (Å²) in [5.41, 5.74) is -0.679. The first-order valence-corrected chi connectivity index (χ1v) is 5.70. The summed E-state index contributed by atoms with van der Waals surface area (Å²) in [7, 11) is 0. The fourth-order valence-electron chi connectivity index (χ4n) is 2.20. The van der Waals surface area contributed by atoms with Crippen LogP contribution in [0.4, 0.5) is 0 Å². The Balaban J connectivity index is 2.25. The molecule has 15 heavy (non-hydrogen) atoms. The molecule has 0 saturated heterocycles. The van der Waals surface area contributed by atoms with E-state index in [-0.39, 0.29) is 6.54 Å². The maximum absolute atomic E-state index is 10.3. The third kappa shape index (κ3) is 4.18. The number of nitrogens with one attached hydrogen (secondary N) is 1. The molecule has 1 aliphatic rings. The molecular formula is C11H21NO3. The van der Waals surface area contributed by atoms with E-state index in [0.29, 0.717) is 6.54 Å². The molecule has 1 saturated carbocycles. The fourth-order valence-corrected chi connectivity index (χ4v) is 2.20. The van der Waals surface area contributed by atoms with Crippen LogP contribution in [0.1, 0.15) is 39.0 Å². The van der Waals surface area contributed by atoms with Gasteiger partial charge >= 0.3 is 5.97 Å². The molecule has 3 N–H and O–H groups in total. The first-order chi connectivity index (χ1) is 7.06. The van der Waals surface area contributed by atoms with Crippen LogP contribution < -0.4 is 5.32 Å². The number of rotatable bonds is 5. The zero-order valence-electron chi connectivity index (χ0n) is 9.33. The highest BCUT2D eigenvalue weighted by molar-refractivity contribution is 5.68. The smallest absolute Gasteiger partial charge is 0.317 e. The van der Waals surface area contributed by atoms with Crippen LogP contribution in [0.15, 0.2) is 0 Å². The Morgan fingerprint density at radius 1 is 1.47 bits per heavy atom. The molecule has 0 atom stereocenters. The second-order valence-electron chi connectivity index (χ2n) is 4.57. The Morgan fingerprint density at radius 2 is 2.07 bits per heavy atom. The van der Waals surface area contributed by atoms with Gasteiger partial charge in [-0.05, 0) is 31.6 Å². The number of hydrogen-bond acceptors (Lipinski definition) is 3. The average Bonchev–Trinajstić information content (AvgIpc) is 2.18. The molecule has 0 aromatic carbocycles. The van der Waals surface area contributed by atoms with Crippen LogP contribution >= 0.6 is 0 Å². The van der Waals surface area contributed by atoms with E-state index >= 15 is 0 Å². The normalized spacial score (nSPS) is 31.5. The lowest BCUT2D eigenvalue weighted by Crippen LogP contribution is -2.44. The van der Waals surface area contributed by atoms with Gasteiger partial charge in [-0.3, -0.25) is 4.79 Å². The van der Waals surface area contributed by atoms with E-state index in [4.69, 9.17) is 5.11 Å². The lowest BCUT2D eigenvalue weighted by atomic mass is 9.78.